The lowest BCUT2D eigenvalue weighted by Crippen LogP contribution is -2.54. The third kappa shape index (κ3) is 10.5. The van der Waals surface area contributed by atoms with Crippen molar-refractivity contribution in [1.29, 1.82) is 0 Å². The van der Waals surface area contributed by atoms with Crippen LogP contribution < -0.4 is 19.5 Å². The van der Waals surface area contributed by atoms with Crippen molar-refractivity contribution in [3.63, 3.8) is 0 Å². The van der Waals surface area contributed by atoms with E-state index in [9.17, 15) is 36.8 Å². The summed E-state index contributed by atoms with van der Waals surface area (Å²) in [5.74, 6) is -5.09. The first-order chi connectivity index (χ1) is 32.3. The lowest BCUT2D eigenvalue weighted by Gasteiger charge is -2.27. The van der Waals surface area contributed by atoms with Gasteiger partial charge in [-0.1, -0.05) is 12.1 Å². The molecule has 3 aliphatic heterocycles. The van der Waals surface area contributed by atoms with Gasteiger partial charge in [0.05, 0.1) is 62.0 Å². The molecule has 5 aromatic rings. The average Bonchev–Trinajstić information content (AvgIpc) is 4.02. The number of hydrogen-bond donors (Lipinski definition) is 3. The van der Waals surface area contributed by atoms with Gasteiger partial charge >= 0.3 is 10.2 Å². The number of ketones is 1. The maximum Gasteiger partial charge on any atom is 0.301 e. The Labute approximate surface area is 380 Å². The molecular formula is C45H43F3N6O12S. The van der Waals surface area contributed by atoms with Gasteiger partial charge in [-0.2, -0.15) is 12.7 Å². The molecule has 3 aliphatic rings. The number of aromatic nitrogens is 2. The number of halogens is 3. The normalized spacial score (nSPS) is 17.6. The van der Waals surface area contributed by atoms with Gasteiger partial charge in [-0.15, -0.1) is 0 Å². The number of aromatic amines is 1. The fourth-order valence-corrected chi connectivity index (χ4v) is 8.96. The van der Waals surface area contributed by atoms with Gasteiger partial charge in [-0.25, -0.2) is 18.2 Å². The number of fused-ring (bicyclic) bond motifs is 2. The van der Waals surface area contributed by atoms with E-state index in [1.165, 1.54) is 18.3 Å². The number of H-pyrrole nitrogens is 1. The smallest absolute Gasteiger partial charge is 0.301 e. The van der Waals surface area contributed by atoms with Gasteiger partial charge in [0, 0.05) is 48.4 Å². The van der Waals surface area contributed by atoms with E-state index in [0.29, 0.717) is 49.1 Å². The molecule has 2 saturated heterocycles. The summed E-state index contributed by atoms with van der Waals surface area (Å²) in [6.07, 6.45) is 1.55. The number of benzene rings is 3. The number of imide groups is 2. The van der Waals surface area contributed by atoms with Crippen molar-refractivity contribution < 1.29 is 69.2 Å². The minimum absolute atomic E-state index is 0.0134. The van der Waals surface area contributed by atoms with Gasteiger partial charge in [0.1, 0.15) is 48.4 Å². The molecule has 3 aromatic carbocycles. The van der Waals surface area contributed by atoms with Crippen LogP contribution in [-0.2, 0) is 34.0 Å². The number of ether oxygens (including phenoxy) is 5. The van der Waals surface area contributed by atoms with Crippen molar-refractivity contribution in [3.05, 3.63) is 107 Å². The van der Waals surface area contributed by atoms with Crippen LogP contribution in [0, 0.1) is 11.6 Å². The molecule has 5 heterocycles. The molecule has 352 valence electrons. The molecule has 67 heavy (non-hydrogen) atoms. The summed E-state index contributed by atoms with van der Waals surface area (Å²) in [5.41, 5.74) is 0.124. The summed E-state index contributed by atoms with van der Waals surface area (Å²) in [4.78, 5) is 71.3. The molecule has 18 nitrogen and oxygen atoms in total. The van der Waals surface area contributed by atoms with Crippen molar-refractivity contribution in [2.24, 2.45) is 0 Å². The summed E-state index contributed by atoms with van der Waals surface area (Å²) < 4.78 is 101. The highest BCUT2D eigenvalue weighted by Crippen LogP contribution is 2.32. The predicted octanol–water partition coefficient (Wildman–Crippen LogP) is 4.35. The van der Waals surface area contributed by atoms with E-state index in [1.54, 1.807) is 42.6 Å². The Hall–Kier alpha value is -6.72. The number of rotatable bonds is 21. The second-order valence-electron chi connectivity index (χ2n) is 15.5. The maximum atomic E-state index is 15.7. The number of pyridine rings is 1. The van der Waals surface area contributed by atoms with Crippen molar-refractivity contribution in [1.82, 2.24) is 24.5 Å². The highest BCUT2D eigenvalue weighted by atomic mass is 32.2. The molecular weight excluding hydrogens is 906 g/mol. The third-order valence-corrected chi connectivity index (χ3v) is 12.6. The molecule has 0 bridgehead atoms. The number of nitrogens with zero attached hydrogens (tertiary/aromatic N) is 3. The highest BCUT2D eigenvalue weighted by Gasteiger charge is 2.45. The second kappa shape index (κ2) is 20.4. The fourth-order valence-electron chi connectivity index (χ4n) is 7.69. The zero-order valence-corrected chi connectivity index (χ0v) is 36.4. The third-order valence-electron chi connectivity index (χ3n) is 11.1. The van der Waals surface area contributed by atoms with E-state index in [-0.39, 0.29) is 80.0 Å². The monoisotopic (exact) mass is 948 g/mol. The number of nitrogens with one attached hydrogen (secondary N) is 3. The Morgan fingerprint density at radius 1 is 0.791 bits per heavy atom. The molecule has 0 saturated carbocycles. The lowest BCUT2D eigenvalue weighted by molar-refractivity contribution is -0.136. The number of anilines is 1. The SMILES string of the molecule is O=C1CCC(N2C(=O)c3ccc(OCCOCCOCCOCCOc4ccc(-c5cnc6[nH]cc(C(=O)c7c(F)ccc(NS(=O)(=O)N8CC[C@@H](F)C8)c7F)c6c5)cc4)cc3C2=O)C(=O)N1. The van der Waals surface area contributed by atoms with Crippen LogP contribution in [-0.4, -0.2) is 135 Å². The van der Waals surface area contributed by atoms with Crippen molar-refractivity contribution in [2.75, 3.05) is 70.7 Å². The summed E-state index contributed by atoms with van der Waals surface area (Å²) in [6, 6.07) is 13.7. The summed E-state index contributed by atoms with van der Waals surface area (Å²) in [5, 5.41) is 2.44. The summed E-state index contributed by atoms with van der Waals surface area (Å²) in [6.45, 7) is 1.65. The van der Waals surface area contributed by atoms with Gasteiger partial charge in [0.25, 0.3) is 11.8 Å². The topological polar surface area (TPSA) is 225 Å². The van der Waals surface area contributed by atoms with Crippen LogP contribution in [0.25, 0.3) is 22.2 Å². The van der Waals surface area contributed by atoms with E-state index in [4.69, 9.17) is 23.7 Å². The highest BCUT2D eigenvalue weighted by molar-refractivity contribution is 7.90. The number of piperidine rings is 1. The van der Waals surface area contributed by atoms with Crippen molar-refractivity contribution in [3.8, 4) is 22.6 Å². The van der Waals surface area contributed by atoms with E-state index in [0.717, 1.165) is 21.3 Å². The second-order valence-corrected chi connectivity index (χ2v) is 17.2. The first-order valence-corrected chi connectivity index (χ1v) is 22.6. The van der Waals surface area contributed by atoms with Gasteiger partial charge in [-0.3, -0.25) is 38.9 Å². The quantitative estimate of drug-likeness (QED) is 0.0530. The van der Waals surface area contributed by atoms with Gasteiger partial charge in [-0.05, 0) is 66.9 Å². The molecule has 0 aliphatic carbocycles. The van der Waals surface area contributed by atoms with Crippen LogP contribution in [0.15, 0.2) is 73.1 Å². The van der Waals surface area contributed by atoms with Crippen LogP contribution in [0.3, 0.4) is 0 Å². The van der Waals surface area contributed by atoms with E-state index in [2.05, 4.69) is 15.3 Å². The number of alkyl halides is 1. The van der Waals surface area contributed by atoms with Gasteiger partial charge in [0.15, 0.2) is 5.82 Å². The summed E-state index contributed by atoms with van der Waals surface area (Å²) in [7, 11) is -4.37. The van der Waals surface area contributed by atoms with E-state index in [1.807, 2.05) is 4.72 Å². The molecule has 2 atom stereocenters. The zero-order chi connectivity index (χ0) is 47.2. The molecule has 1 unspecified atom stereocenters. The number of carbonyl (C=O) groups is 5. The van der Waals surface area contributed by atoms with Crippen LogP contribution in [0.1, 0.15) is 55.9 Å². The first-order valence-electron chi connectivity index (χ1n) is 21.2. The molecule has 8 rings (SSSR count). The molecule has 2 fully saturated rings. The molecule has 0 radical (unpaired) electrons. The minimum Gasteiger partial charge on any atom is -0.491 e. The molecule has 2 aromatic heterocycles. The predicted molar refractivity (Wildman–Crippen MR) is 232 cm³/mol. The maximum absolute atomic E-state index is 15.7. The Balaban J connectivity index is 0.724. The van der Waals surface area contributed by atoms with Crippen LogP contribution >= 0.6 is 0 Å². The Bertz CT molecular complexity index is 2830. The van der Waals surface area contributed by atoms with E-state index < -0.39 is 81.3 Å². The van der Waals surface area contributed by atoms with Crippen LogP contribution in [0.5, 0.6) is 11.5 Å². The number of amides is 4. The molecule has 4 amide bonds. The van der Waals surface area contributed by atoms with E-state index >= 15 is 8.78 Å². The van der Waals surface area contributed by atoms with Gasteiger partial charge in [0.2, 0.25) is 17.6 Å². The lowest BCUT2D eigenvalue weighted by atomic mass is 10.00. The minimum atomic E-state index is -4.37. The van der Waals surface area contributed by atoms with Gasteiger partial charge < -0.3 is 28.7 Å². The molecule has 22 heteroatoms. The van der Waals surface area contributed by atoms with Crippen LogP contribution in [0.2, 0.25) is 0 Å². The Morgan fingerprint density at radius 3 is 2.12 bits per heavy atom. The number of carbonyl (C=O) groups excluding carboxylic acids is 5. The van der Waals surface area contributed by atoms with Crippen LogP contribution in [0.4, 0.5) is 18.9 Å². The first kappa shape index (κ1) is 46.8. The largest absolute Gasteiger partial charge is 0.491 e. The Kier molecular flexibility index (Phi) is 14.3. The average molecular weight is 949 g/mol. The molecule has 0 spiro atoms. The standard InChI is InChI=1S/C45H43F3N6O12S/c46-28-11-12-53(25-28)67(60,61)52-36-8-7-35(47)39(40(36)48)41(56)34-24-50-42-32(34)21-27(23-49-42)26-1-3-29(4-2-26)65-19-17-63-15-13-62-14-16-64-18-20-66-30-5-6-31-33(22-30)45(59)54(44(31)58)37-9-10-38(55)51-43(37)57/h1-8,21-24,28,37,52H,9-20,25H2,(H,49,50)(H,51,55,57)/t28-,37?/m1/s1. The zero-order valence-electron chi connectivity index (χ0n) is 35.6. The van der Waals surface area contributed by atoms with Crippen molar-refractivity contribution in [2.45, 2.75) is 31.5 Å². The summed E-state index contributed by atoms with van der Waals surface area (Å²) >= 11 is 0. The Morgan fingerprint density at radius 2 is 1.45 bits per heavy atom. The molecule has 3 N–H and O–H groups in total. The fraction of sp³-hybridized carbons (Fsp3) is 0.333. The van der Waals surface area contributed by atoms with Crippen molar-refractivity contribution >= 4 is 56.3 Å². The number of hydrogen-bond acceptors (Lipinski definition) is 13.